The van der Waals surface area contributed by atoms with Crippen molar-refractivity contribution in [2.75, 3.05) is 0 Å². The molecule has 0 aliphatic heterocycles. The number of aromatic nitrogens is 4. The molecule has 22 heavy (non-hydrogen) atoms. The lowest BCUT2D eigenvalue weighted by Crippen LogP contribution is -2.08. The van der Waals surface area contributed by atoms with Crippen LogP contribution in [-0.2, 0) is 13.0 Å². The van der Waals surface area contributed by atoms with Gasteiger partial charge in [0.1, 0.15) is 0 Å². The summed E-state index contributed by atoms with van der Waals surface area (Å²) in [7, 11) is 0. The molecule has 0 saturated carbocycles. The third-order valence-electron chi connectivity index (χ3n) is 3.34. The van der Waals surface area contributed by atoms with Gasteiger partial charge in [0.25, 0.3) is 0 Å². The molecule has 0 atom stereocenters. The molecule has 1 N–H and O–H groups in total. The maximum absolute atomic E-state index is 10.8. The van der Waals surface area contributed by atoms with Crippen molar-refractivity contribution in [2.45, 2.75) is 13.0 Å². The summed E-state index contributed by atoms with van der Waals surface area (Å²) in [6, 6.07) is 16.7. The van der Waals surface area contributed by atoms with E-state index in [4.69, 9.17) is 5.11 Å². The zero-order chi connectivity index (χ0) is 15.4. The average Bonchev–Trinajstić information content (AvgIpc) is 2.96. The highest BCUT2D eigenvalue weighted by Crippen LogP contribution is 2.09. The first-order valence-electron chi connectivity index (χ1n) is 6.83. The quantitative estimate of drug-likeness (QED) is 0.778. The normalized spacial score (nSPS) is 10.5. The Morgan fingerprint density at radius 3 is 2.41 bits per heavy atom. The summed E-state index contributed by atoms with van der Waals surface area (Å²) in [5.74, 6) is -0.160. The van der Waals surface area contributed by atoms with Crippen LogP contribution in [0.15, 0.2) is 54.6 Å². The van der Waals surface area contributed by atoms with Crippen molar-refractivity contribution in [3.8, 4) is 0 Å². The molecule has 1 heterocycles. The molecule has 3 rings (SSSR count). The van der Waals surface area contributed by atoms with Gasteiger partial charge in [-0.25, -0.2) is 9.48 Å². The van der Waals surface area contributed by atoms with E-state index in [1.54, 1.807) is 28.9 Å². The summed E-state index contributed by atoms with van der Waals surface area (Å²) in [6.07, 6.45) is 0.654. The second-order valence-corrected chi connectivity index (χ2v) is 4.92. The van der Waals surface area contributed by atoms with E-state index in [0.29, 0.717) is 13.0 Å². The Hall–Kier alpha value is -3.02. The molecule has 6 nitrogen and oxygen atoms in total. The van der Waals surface area contributed by atoms with Gasteiger partial charge in [-0.05, 0) is 33.7 Å². The molecule has 0 bridgehead atoms. The molecule has 3 aromatic rings. The van der Waals surface area contributed by atoms with Gasteiger partial charge < -0.3 is 5.11 Å². The van der Waals surface area contributed by atoms with Crippen molar-refractivity contribution < 1.29 is 9.90 Å². The number of tetrazole rings is 1. The van der Waals surface area contributed by atoms with E-state index in [2.05, 4.69) is 15.5 Å². The molecule has 0 spiro atoms. The van der Waals surface area contributed by atoms with Crippen molar-refractivity contribution in [3.05, 3.63) is 77.1 Å². The van der Waals surface area contributed by atoms with Crippen molar-refractivity contribution in [2.24, 2.45) is 0 Å². The first kappa shape index (κ1) is 13.9. The first-order chi connectivity index (χ1) is 10.7. The minimum absolute atomic E-state index is 0.268. The van der Waals surface area contributed by atoms with Crippen LogP contribution >= 0.6 is 0 Å². The van der Waals surface area contributed by atoms with E-state index in [0.717, 1.165) is 17.0 Å². The number of carboxylic acids is 1. The molecule has 6 heteroatoms. The molecule has 0 fully saturated rings. The summed E-state index contributed by atoms with van der Waals surface area (Å²) in [4.78, 5) is 10.8. The molecule has 0 amide bonds. The fraction of sp³-hybridized carbons (Fsp3) is 0.125. The van der Waals surface area contributed by atoms with Gasteiger partial charge in [0, 0.05) is 6.42 Å². The first-order valence-corrected chi connectivity index (χ1v) is 6.83. The number of carbonyl (C=O) groups is 1. The Kier molecular flexibility index (Phi) is 3.91. The lowest BCUT2D eigenvalue weighted by Gasteiger charge is -2.05. The van der Waals surface area contributed by atoms with Gasteiger partial charge >= 0.3 is 5.97 Å². The van der Waals surface area contributed by atoms with Crippen molar-refractivity contribution in [1.29, 1.82) is 0 Å². The number of nitrogens with zero attached hydrogens (tertiary/aromatic N) is 4. The number of aromatic carboxylic acids is 1. The number of benzene rings is 2. The number of hydrogen-bond acceptors (Lipinski definition) is 4. The van der Waals surface area contributed by atoms with Gasteiger partial charge in [-0.3, -0.25) is 0 Å². The number of rotatable bonds is 5. The minimum Gasteiger partial charge on any atom is -0.478 e. The summed E-state index contributed by atoms with van der Waals surface area (Å²) in [5.41, 5.74) is 2.36. The smallest absolute Gasteiger partial charge is 0.335 e. The van der Waals surface area contributed by atoms with Gasteiger partial charge in [-0.15, -0.1) is 5.10 Å². The van der Waals surface area contributed by atoms with E-state index in [-0.39, 0.29) is 5.56 Å². The molecule has 110 valence electrons. The molecule has 0 aliphatic rings. The van der Waals surface area contributed by atoms with Crippen molar-refractivity contribution in [1.82, 2.24) is 20.2 Å². The van der Waals surface area contributed by atoms with Gasteiger partial charge in [-0.1, -0.05) is 42.5 Å². The Morgan fingerprint density at radius 2 is 1.73 bits per heavy atom. The second kappa shape index (κ2) is 6.17. The van der Waals surface area contributed by atoms with E-state index < -0.39 is 5.97 Å². The molecular formula is C16H14N4O2. The van der Waals surface area contributed by atoms with Crippen molar-refractivity contribution in [3.63, 3.8) is 0 Å². The third kappa shape index (κ3) is 3.17. The summed E-state index contributed by atoms with van der Waals surface area (Å²) in [5, 5.41) is 20.7. The van der Waals surface area contributed by atoms with Crippen LogP contribution < -0.4 is 0 Å². The van der Waals surface area contributed by atoms with Crippen LogP contribution in [0.5, 0.6) is 0 Å². The van der Waals surface area contributed by atoms with Gasteiger partial charge in [0.05, 0.1) is 12.1 Å². The van der Waals surface area contributed by atoms with Gasteiger partial charge in [0.15, 0.2) is 5.82 Å². The monoisotopic (exact) mass is 294 g/mol. The van der Waals surface area contributed by atoms with Crippen LogP contribution in [0.4, 0.5) is 0 Å². The van der Waals surface area contributed by atoms with Crippen LogP contribution in [0.2, 0.25) is 0 Å². The van der Waals surface area contributed by atoms with E-state index >= 15 is 0 Å². The maximum atomic E-state index is 10.8. The Balaban J connectivity index is 1.76. The number of hydrogen-bond donors (Lipinski definition) is 1. The highest BCUT2D eigenvalue weighted by atomic mass is 16.4. The second-order valence-electron chi connectivity index (χ2n) is 4.92. The van der Waals surface area contributed by atoms with Crippen LogP contribution in [0, 0.1) is 0 Å². The Labute approximate surface area is 127 Å². The van der Waals surface area contributed by atoms with Gasteiger partial charge in [0.2, 0.25) is 0 Å². The highest BCUT2D eigenvalue weighted by Gasteiger charge is 2.08. The standard InChI is InChI=1S/C16H14N4O2/c21-16(22)14-8-6-13(7-9-14)11-20-15(17-18-19-20)10-12-4-2-1-3-5-12/h1-9H,10-11H2,(H,21,22). The zero-order valence-corrected chi connectivity index (χ0v) is 11.8. The lowest BCUT2D eigenvalue weighted by molar-refractivity contribution is 0.0697. The molecule has 0 radical (unpaired) electrons. The summed E-state index contributed by atoms with van der Waals surface area (Å²) >= 11 is 0. The van der Waals surface area contributed by atoms with Crippen molar-refractivity contribution >= 4 is 5.97 Å². The Morgan fingerprint density at radius 1 is 1.00 bits per heavy atom. The molecule has 0 saturated heterocycles. The largest absolute Gasteiger partial charge is 0.478 e. The SMILES string of the molecule is O=C(O)c1ccc(Cn2nnnc2Cc2ccccc2)cc1. The average molecular weight is 294 g/mol. The summed E-state index contributed by atoms with van der Waals surface area (Å²) < 4.78 is 1.72. The van der Waals surface area contributed by atoms with Crippen LogP contribution in [0.1, 0.15) is 27.3 Å². The molecule has 0 aliphatic carbocycles. The fourth-order valence-corrected chi connectivity index (χ4v) is 2.18. The molecular weight excluding hydrogens is 280 g/mol. The molecule has 1 aromatic heterocycles. The Bertz CT molecular complexity index is 766. The third-order valence-corrected chi connectivity index (χ3v) is 3.34. The topological polar surface area (TPSA) is 80.9 Å². The van der Waals surface area contributed by atoms with E-state index in [1.165, 1.54) is 0 Å². The minimum atomic E-state index is -0.932. The van der Waals surface area contributed by atoms with Crippen LogP contribution in [0.25, 0.3) is 0 Å². The van der Waals surface area contributed by atoms with Crippen LogP contribution in [0.3, 0.4) is 0 Å². The predicted octanol–water partition coefficient (Wildman–Crippen LogP) is 2.01. The van der Waals surface area contributed by atoms with E-state index in [9.17, 15) is 4.79 Å². The lowest BCUT2D eigenvalue weighted by atomic mass is 10.1. The molecule has 2 aromatic carbocycles. The zero-order valence-electron chi connectivity index (χ0n) is 11.8. The number of carboxylic acid groups (broad SMARTS) is 1. The molecule has 0 unspecified atom stereocenters. The van der Waals surface area contributed by atoms with E-state index in [1.807, 2.05) is 30.3 Å². The fourth-order valence-electron chi connectivity index (χ4n) is 2.18. The predicted molar refractivity (Wildman–Crippen MR) is 79.6 cm³/mol. The van der Waals surface area contributed by atoms with Gasteiger partial charge in [-0.2, -0.15) is 0 Å². The van der Waals surface area contributed by atoms with Crippen LogP contribution in [-0.4, -0.2) is 31.3 Å². The maximum Gasteiger partial charge on any atom is 0.335 e. The highest BCUT2D eigenvalue weighted by molar-refractivity contribution is 5.87. The summed E-state index contributed by atoms with van der Waals surface area (Å²) in [6.45, 7) is 0.509.